The summed E-state index contributed by atoms with van der Waals surface area (Å²) in [4.78, 5) is 3.48. The number of anilines is 1. The van der Waals surface area contributed by atoms with Crippen LogP contribution < -0.4 is 14.5 Å². The SMILES string of the molecule is COc1ccc([C@@H](c2nnnn2C(C)(C)C)[NH+]2CCN(c3ccccc3F)CC2)cc1. The van der Waals surface area contributed by atoms with Crippen molar-refractivity contribution in [2.45, 2.75) is 32.4 Å². The maximum Gasteiger partial charge on any atom is 0.214 e. The summed E-state index contributed by atoms with van der Waals surface area (Å²) in [5.74, 6) is 1.48. The Morgan fingerprint density at radius 2 is 1.71 bits per heavy atom. The summed E-state index contributed by atoms with van der Waals surface area (Å²) < 4.78 is 21.5. The molecule has 8 heteroatoms. The lowest BCUT2D eigenvalue weighted by Crippen LogP contribution is -3.15. The van der Waals surface area contributed by atoms with E-state index in [0.29, 0.717) is 5.69 Å². The fourth-order valence-electron chi connectivity index (χ4n) is 4.25. The summed E-state index contributed by atoms with van der Waals surface area (Å²) in [5, 5.41) is 12.7. The van der Waals surface area contributed by atoms with E-state index in [-0.39, 0.29) is 17.4 Å². The predicted octanol–water partition coefficient (Wildman–Crippen LogP) is 2.07. The van der Waals surface area contributed by atoms with Crippen molar-refractivity contribution in [3.8, 4) is 5.75 Å². The summed E-state index contributed by atoms with van der Waals surface area (Å²) in [6, 6.07) is 15.1. The van der Waals surface area contributed by atoms with Crippen LogP contribution in [0.5, 0.6) is 5.75 Å². The smallest absolute Gasteiger partial charge is 0.214 e. The third kappa shape index (κ3) is 4.39. The zero-order valence-corrected chi connectivity index (χ0v) is 18.5. The van der Waals surface area contributed by atoms with Crippen LogP contribution in [-0.2, 0) is 5.54 Å². The molecule has 1 atom stereocenters. The Labute approximate surface area is 182 Å². The van der Waals surface area contributed by atoms with Crippen molar-refractivity contribution in [3.05, 3.63) is 65.7 Å². The highest BCUT2D eigenvalue weighted by atomic mass is 19.1. The molecule has 4 rings (SSSR count). The first kappa shape index (κ1) is 21.2. The number of halogens is 1. The van der Waals surface area contributed by atoms with E-state index < -0.39 is 0 Å². The molecule has 164 valence electrons. The van der Waals surface area contributed by atoms with Crippen molar-refractivity contribution >= 4 is 5.69 Å². The lowest BCUT2D eigenvalue weighted by Gasteiger charge is -2.37. The minimum absolute atomic E-state index is 0.0251. The quantitative estimate of drug-likeness (QED) is 0.678. The van der Waals surface area contributed by atoms with Crippen LogP contribution in [0.15, 0.2) is 48.5 Å². The summed E-state index contributed by atoms with van der Waals surface area (Å²) in [5.41, 5.74) is 1.57. The van der Waals surface area contributed by atoms with Crippen LogP contribution in [0.4, 0.5) is 10.1 Å². The molecule has 0 bridgehead atoms. The Morgan fingerprint density at radius 1 is 1.03 bits per heavy atom. The molecule has 1 aromatic heterocycles. The topological polar surface area (TPSA) is 60.5 Å². The van der Waals surface area contributed by atoms with Gasteiger partial charge in [0, 0.05) is 5.56 Å². The fraction of sp³-hybridized carbons (Fsp3) is 0.435. The molecular formula is C23H30FN6O+. The molecule has 0 amide bonds. The first-order valence-corrected chi connectivity index (χ1v) is 10.7. The third-order valence-corrected chi connectivity index (χ3v) is 5.84. The number of nitrogens with one attached hydrogen (secondary N) is 1. The molecule has 0 unspecified atom stereocenters. The number of aromatic nitrogens is 4. The fourth-order valence-corrected chi connectivity index (χ4v) is 4.25. The van der Waals surface area contributed by atoms with Gasteiger partial charge in [0.25, 0.3) is 0 Å². The van der Waals surface area contributed by atoms with Crippen LogP contribution in [0, 0.1) is 5.82 Å². The molecule has 2 aromatic carbocycles. The van der Waals surface area contributed by atoms with Gasteiger partial charge in [-0.1, -0.05) is 12.1 Å². The van der Waals surface area contributed by atoms with E-state index in [0.717, 1.165) is 43.3 Å². The van der Waals surface area contributed by atoms with E-state index in [1.807, 2.05) is 28.9 Å². The van der Waals surface area contributed by atoms with E-state index in [9.17, 15) is 4.39 Å². The molecule has 31 heavy (non-hydrogen) atoms. The van der Waals surface area contributed by atoms with Crippen molar-refractivity contribution in [1.82, 2.24) is 20.2 Å². The predicted molar refractivity (Wildman–Crippen MR) is 117 cm³/mol. The third-order valence-electron chi connectivity index (χ3n) is 5.84. The first-order chi connectivity index (χ1) is 14.9. The minimum Gasteiger partial charge on any atom is -0.497 e. The van der Waals surface area contributed by atoms with Gasteiger partial charge < -0.3 is 14.5 Å². The van der Waals surface area contributed by atoms with E-state index in [1.165, 1.54) is 11.0 Å². The van der Waals surface area contributed by atoms with Gasteiger partial charge in [0.2, 0.25) is 5.82 Å². The van der Waals surface area contributed by atoms with Crippen LogP contribution >= 0.6 is 0 Å². The van der Waals surface area contributed by atoms with Crippen LogP contribution in [-0.4, -0.2) is 53.5 Å². The Kier molecular flexibility index (Phi) is 5.91. The molecule has 1 fully saturated rings. The number of methoxy groups -OCH3 is 1. The van der Waals surface area contributed by atoms with Gasteiger partial charge in [-0.15, -0.1) is 5.10 Å². The van der Waals surface area contributed by atoms with Crippen LogP contribution in [0.3, 0.4) is 0 Å². The van der Waals surface area contributed by atoms with Gasteiger partial charge in [0.15, 0.2) is 6.04 Å². The van der Waals surface area contributed by atoms with Crippen molar-refractivity contribution in [1.29, 1.82) is 0 Å². The minimum atomic E-state index is -0.238. The van der Waals surface area contributed by atoms with Gasteiger partial charge in [-0.25, -0.2) is 9.07 Å². The molecule has 1 N–H and O–H groups in total. The second-order valence-electron chi connectivity index (χ2n) is 8.92. The normalized spacial score (nSPS) is 16.4. The molecule has 1 aliphatic rings. The molecular weight excluding hydrogens is 395 g/mol. The summed E-state index contributed by atoms with van der Waals surface area (Å²) in [7, 11) is 1.67. The Bertz CT molecular complexity index is 1010. The highest BCUT2D eigenvalue weighted by Crippen LogP contribution is 2.25. The summed E-state index contributed by atoms with van der Waals surface area (Å²) >= 11 is 0. The monoisotopic (exact) mass is 425 g/mol. The highest BCUT2D eigenvalue weighted by Gasteiger charge is 2.36. The lowest BCUT2D eigenvalue weighted by atomic mass is 10.0. The first-order valence-electron chi connectivity index (χ1n) is 10.7. The number of piperazine rings is 1. The maximum absolute atomic E-state index is 14.3. The second kappa shape index (κ2) is 8.63. The zero-order chi connectivity index (χ0) is 22.0. The van der Waals surface area contributed by atoms with Gasteiger partial charge in [-0.2, -0.15) is 0 Å². The highest BCUT2D eigenvalue weighted by molar-refractivity contribution is 5.47. The lowest BCUT2D eigenvalue weighted by molar-refractivity contribution is -0.927. The molecule has 2 heterocycles. The Balaban J connectivity index is 1.64. The number of rotatable bonds is 5. The number of quaternary nitrogens is 1. The van der Waals surface area contributed by atoms with Crippen molar-refractivity contribution in [2.24, 2.45) is 0 Å². The van der Waals surface area contributed by atoms with Crippen molar-refractivity contribution in [3.63, 3.8) is 0 Å². The molecule has 7 nitrogen and oxygen atoms in total. The molecule has 3 aromatic rings. The van der Waals surface area contributed by atoms with Gasteiger partial charge in [-0.3, -0.25) is 0 Å². The largest absolute Gasteiger partial charge is 0.497 e. The standard InChI is InChI=1S/C23H29FN6O/c1-23(2,3)30-22(25-26-27-30)21(17-9-11-18(31-4)12-10-17)29-15-13-28(14-16-29)20-8-6-5-7-19(20)24/h5-12,21H,13-16H2,1-4H3/p+1/t21-/m0/s1. The van der Waals surface area contributed by atoms with Crippen LogP contribution in [0.25, 0.3) is 0 Å². The second-order valence-corrected chi connectivity index (χ2v) is 8.92. The molecule has 0 spiro atoms. The Hall–Kier alpha value is -3.00. The van der Waals surface area contributed by atoms with E-state index >= 15 is 0 Å². The van der Waals surface area contributed by atoms with Gasteiger partial charge in [0.05, 0.1) is 44.5 Å². The number of benzene rings is 2. The molecule has 1 saturated heterocycles. The number of tetrazole rings is 1. The van der Waals surface area contributed by atoms with Crippen LogP contribution in [0.1, 0.15) is 38.2 Å². The van der Waals surface area contributed by atoms with Crippen molar-refractivity contribution in [2.75, 3.05) is 38.2 Å². The number of nitrogens with zero attached hydrogens (tertiary/aromatic N) is 5. The molecule has 1 aliphatic heterocycles. The number of hydrogen-bond donors (Lipinski definition) is 1. The average molecular weight is 426 g/mol. The van der Waals surface area contributed by atoms with Crippen molar-refractivity contribution < 1.29 is 14.0 Å². The number of hydrogen-bond acceptors (Lipinski definition) is 5. The van der Waals surface area contributed by atoms with E-state index in [4.69, 9.17) is 4.74 Å². The molecule has 0 saturated carbocycles. The van der Waals surface area contributed by atoms with E-state index in [1.54, 1.807) is 13.2 Å². The van der Waals surface area contributed by atoms with Gasteiger partial charge in [0.1, 0.15) is 11.6 Å². The maximum atomic E-state index is 14.3. The molecule has 0 radical (unpaired) electrons. The number of ether oxygens (including phenoxy) is 1. The zero-order valence-electron chi connectivity index (χ0n) is 18.5. The molecule has 0 aliphatic carbocycles. The summed E-state index contributed by atoms with van der Waals surface area (Å²) in [6.45, 7) is 9.53. The van der Waals surface area contributed by atoms with Crippen LogP contribution in [0.2, 0.25) is 0 Å². The average Bonchev–Trinajstić information content (AvgIpc) is 3.25. The van der Waals surface area contributed by atoms with Gasteiger partial charge in [-0.05, 0) is 67.6 Å². The van der Waals surface area contributed by atoms with Gasteiger partial charge >= 0.3 is 0 Å². The number of para-hydroxylation sites is 1. The Morgan fingerprint density at radius 3 is 2.32 bits per heavy atom. The summed E-state index contributed by atoms with van der Waals surface area (Å²) in [6.07, 6.45) is 0. The van der Waals surface area contributed by atoms with E-state index in [2.05, 4.69) is 53.3 Å².